The molecule has 34 heavy (non-hydrogen) atoms. The summed E-state index contributed by atoms with van der Waals surface area (Å²) in [6.07, 6.45) is 3.95. The number of nitrogens with zero attached hydrogens (tertiary/aromatic N) is 4. The maximum atomic E-state index is 13.8. The number of alkyl halides is 2. The Morgan fingerprint density at radius 3 is 2.44 bits per heavy atom. The van der Waals surface area contributed by atoms with Gasteiger partial charge in [0.05, 0.1) is 5.69 Å². The van der Waals surface area contributed by atoms with E-state index in [2.05, 4.69) is 10.00 Å². The van der Waals surface area contributed by atoms with Gasteiger partial charge in [0.1, 0.15) is 11.7 Å². The van der Waals surface area contributed by atoms with Crippen molar-refractivity contribution in [1.29, 1.82) is 0 Å². The highest BCUT2D eigenvalue weighted by molar-refractivity contribution is 6.30. The molecule has 1 aromatic carbocycles. The number of carbonyl (C=O) groups excluding carboxylic acids is 2. The zero-order valence-corrected chi connectivity index (χ0v) is 19.2. The van der Waals surface area contributed by atoms with Crippen molar-refractivity contribution in [3.8, 4) is 5.75 Å². The summed E-state index contributed by atoms with van der Waals surface area (Å²) in [5.41, 5.74) is 5.69. The van der Waals surface area contributed by atoms with E-state index in [1.54, 1.807) is 4.90 Å². The van der Waals surface area contributed by atoms with E-state index in [1.807, 2.05) is 0 Å². The zero-order chi connectivity index (χ0) is 24.0. The Hall–Kier alpha value is -2.72. The second kappa shape index (κ2) is 9.14. The van der Waals surface area contributed by atoms with Gasteiger partial charge >= 0.3 is 12.6 Å². The summed E-state index contributed by atoms with van der Waals surface area (Å²) in [7, 11) is 0. The van der Waals surface area contributed by atoms with Gasteiger partial charge < -0.3 is 20.3 Å². The van der Waals surface area contributed by atoms with E-state index < -0.39 is 18.6 Å². The van der Waals surface area contributed by atoms with Crippen LogP contribution < -0.4 is 10.5 Å². The molecule has 2 amide bonds. The lowest BCUT2D eigenvalue weighted by molar-refractivity contribution is -0.131. The molecule has 2 saturated heterocycles. The first-order valence-corrected chi connectivity index (χ1v) is 11.8. The van der Waals surface area contributed by atoms with Crippen LogP contribution in [0.3, 0.4) is 0 Å². The lowest BCUT2D eigenvalue weighted by Gasteiger charge is -2.26. The fourth-order valence-electron chi connectivity index (χ4n) is 5.25. The molecule has 182 valence electrons. The molecule has 8 nitrogen and oxygen atoms in total. The van der Waals surface area contributed by atoms with E-state index in [4.69, 9.17) is 22.1 Å². The molecular formula is C23H26ClF2N5O3. The Morgan fingerprint density at radius 1 is 1.15 bits per heavy atom. The number of hydrogen-bond acceptors (Lipinski definition) is 5. The van der Waals surface area contributed by atoms with Gasteiger partial charge in [-0.05, 0) is 54.9 Å². The van der Waals surface area contributed by atoms with Gasteiger partial charge in [0, 0.05) is 49.5 Å². The van der Waals surface area contributed by atoms with Crippen LogP contribution in [-0.2, 0) is 4.79 Å². The minimum Gasteiger partial charge on any atom is -0.435 e. The zero-order valence-electron chi connectivity index (χ0n) is 18.4. The molecular weight excluding hydrogens is 468 g/mol. The van der Waals surface area contributed by atoms with E-state index in [0.29, 0.717) is 24.9 Å². The van der Waals surface area contributed by atoms with Gasteiger partial charge in [-0.25, -0.2) is 4.79 Å². The summed E-state index contributed by atoms with van der Waals surface area (Å²) < 4.78 is 31.9. The van der Waals surface area contributed by atoms with Crippen molar-refractivity contribution in [2.75, 3.05) is 32.7 Å². The van der Waals surface area contributed by atoms with Crippen molar-refractivity contribution >= 4 is 23.5 Å². The Bertz CT molecular complexity index is 1080. The quantitative estimate of drug-likeness (QED) is 0.640. The van der Waals surface area contributed by atoms with Crippen LogP contribution in [0.15, 0.2) is 30.5 Å². The summed E-state index contributed by atoms with van der Waals surface area (Å²) in [6.45, 7) is 1.14. The fourth-order valence-corrected chi connectivity index (χ4v) is 5.43. The number of primary amides is 1. The molecule has 2 aromatic rings. The number of fused-ring (bicyclic) bond motifs is 1. The predicted octanol–water partition coefficient (Wildman–Crippen LogP) is 3.00. The second-order valence-corrected chi connectivity index (χ2v) is 9.88. The van der Waals surface area contributed by atoms with Crippen molar-refractivity contribution in [3.63, 3.8) is 0 Å². The highest BCUT2D eigenvalue weighted by atomic mass is 35.5. The monoisotopic (exact) mass is 493 g/mol. The van der Waals surface area contributed by atoms with Crippen LogP contribution in [0.2, 0.25) is 5.02 Å². The third-order valence-corrected chi connectivity index (χ3v) is 7.20. The molecule has 3 fully saturated rings. The van der Waals surface area contributed by atoms with E-state index >= 15 is 0 Å². The molecule has 3 unspecified atom stereocenters. The molecule has 0 bridgehead atoms. The van der Waals surface area contributed by atoms with Crippen LogP contribution in [0.5, 0.6) is 5.75 Å². The first-order chi connectivity index (χ1) is 16.3. The smallest absolute Gasteiger partial charge is 0.387 e. The number of aromatic nitrogens is 2. The molecule has 1 aromatic heterocycles. The van der Waals surface area contributed by atoms with E-state index in [1.165, 1.54) is 43.3 Å². The lowest BCUT2D eigenvalue weighted by Crippen LogP contribution is -2.37. The highest BCUT2D eigenvalue weighted by Crippen LogP contribution is 2.40. The number of amides is 2. The first-order valence-electron chi connectivity index (χ1n) is 11.4. The van der Waals surface area contributed by atoms with Gasteiger partial charge in [0.2, 0.25) is 5.91 Å². The molecule has 3 heterocycles. The Balaban J connectivity index is 1.43. The van der Waals surface area contributed by atoms with E-state index in [-0.39, 0.29) is 27.9 Å². The van der Waals surface area contributed by atoms with Gasteiger partial charge in [0.15, 0.2) is 0 Å². The first kappa shape index (κ1) is 23.0. The predicted molar refractivity (Wildman–Crippen MR) is 120 cm³/mol. The molecule has 5 rings (SSSR count). The number of nitrogens with two attached hydrogens (primary N) is 1. The topological polar surface area (TPSA) is 93.7 Å². The molecule has 2 N–H and O–H groups in total. The normalized spacial score (nSPS) is 23.4. The Kier molecular flexibility index (Phi) is 6.20. The lowest BCUT2D eigenvalue weighted by atomic mass is 9.93. The van der Waals surface area contributed by atoms with E-state index in [9.17, 15) is 18.4 Å². The minimum absolute atomic E-state index is 0.165. The number of ether oxygens (including phenoxy) is 1. The Labute approximate surface area is 200 Å². The van der Waals surface area contributed by atoms with Gasteiger partial charge in [0.25, 0.3) is 0 Å². The van der Waals surface area contributed by atoms with Crippen molar-refractivity contribution < 1.29 is 23.1 Å². The standard InChI is InChI=1S/C23H26ClF2N5O3/c24-16-3-4-19(34-22(25)26)17(7-16)20(18-5-6-31(28-18)23(27)33)21(32)30-11-14-9-29(8-13-1-2-13)10-15(14)12-30/h3-7,13-15,20,22H,1-2,8-12H2,(H2,27,33). The minimum atomic E-state index is -3.08. The maximum absolute atomic E-state index is 13.8. The number of hydrogen-bond donors (Lipinski definition) is 1. The van der Waals surface area contributed by atoms with Crippen LogP contribution >= 0.6 is 11.6 Å². The van der Waals surface area contributed by atoms with Crippen molar-refractivity contribution in [3.05, 3.63) is 46.7 Å². The number of halogens is 3. The average molecular weight is 494 g/mol. The third-order valence-electron chi connectivity index (χ3n) is 6.96. The summed E-state index contributed by atoms with van der Waals surface area (Å²) in [5.74, 6) is 0.0396. The summed E-state index contributed by atoms with van der Waals surface area (Å²) in [4.78, 5) is 29.7. The summed E-state index contributed by atoms with van der Waals surface area (Å²) in [6, 6.07) is 4.82. The van der Waals surface area contributed by atoms with Crippen LogP contribution in [0.4, 0.5) is 13.6 Å². The molecule has 0 spiro atoms. The van der Waals surface area contributed by atoms with Crippen LogP contribution in [-0.4, -0.2) is 70.9 Å². The maximum Gasteiger partial charge on any atom is 0.387 e. The number of benzene rings is 1. The Morgan fingerprint density at radius 2 is 1.85 bits per heavy atom. The van der Waals surface area contributed by atoms with Gasteiger partial charge in [-0.2, -0.15) is 18.6 Å². The molecule has 2 aliphatic heterocycles. The molecule has 1 aliphatic carbocycles. The number of rotatable bonds is 7. The third kappa shape index (κ3) is 4.74. The molecule has 11 heteroatoms. The SMILES string of the molecule is NC(=O)n1ccc(C(C(=O)N2CC3CN(CC4CC4)CC3C2)c2cc(Cl)ccc2OC(F)F)n1. The van der Waals surface area contributed by atoms with Gasteiger partial charge in [-0.3, -0.25) is 4.79 Å². The van der Waals surface area contributed by atoms with Crippen LogP contribution in [0, 0.1) is 17.8 Å². The van der Waals surface area contributed by atoms with Crippen LogP contribution in [0.25, 0.3) is 0 Å². The summed E-state index contributed by atoms with van der Waals surface area (Å²) >= 11 is 6.17. The largest absolute Gasteiger partial charge is 0.435 e. The highest BCUT2D eigenvalue weighted by Gasteiger charge is 2.44. The summed E-state index contributed by atoms with van der Waals surface area (Å²) in [5, 5.41) is 4.41. The van der Waals surface area contributed by atoms with Crippen LogP contribution in [0.1, 0.15) is 30.0 Å². The number of likely N-dealkylation sites (tertiary alicyclic amines) is 2. The second-order valence-electron chi connectivity index (χ2n) is 9.44. The number of carbonyl (C=O) groups is 2. The van der Waals surface area contributed by atoms with Crippen molar-refractivity contribution in [1.82, 2.24) is 19.6 Å². The van der Waals surface area contributed by atoms with Crippen molar-refractivity contribution in [2.45, 2.75) is 25.4 Å². The van der Waals surface area contributed by atoms with Gasteiger partial charge in [-0.1, -0.05) is 11.6 Å². The average Bonchev–Trinajstić information content (AvgIpc) is 3.14. The molecule has 3 atom stereocenters. The van der Waals surface area contributed by atoms with Gasteiger partial charge in [-0.15, -0.1) is 0 Å². The fraction of sp³-hybridized carbons (Fsp3) is 0.522. The molecule has 0 radical (unpaired) electrons. The molecule has 1 saturated carbocycles. The molecule has 3 aliphatic rings. The van der Waals surface area contributed by atoms with E-state index in [0.717, 1.165) is 30.2 Å². The van der Waals surface area contributed by atoms with Crippen molar-refractivity contribution in [2.24, 2.45) is 23.5 Å².